The normalized spacial score (nSPS) is 19.5. The number of nitrogens with zero attached hydrogens (tertiary/aromatic N) is 2. The van der Waals surface area contributed by atoms with E-state index < -0.39 is 0 Å². The van der Waals surface area contributed by atoms with Crippen LogP contribution in [-0.2, 0) is 6.54 Å². The molecule has 3 aromatic rings. The number of fused-ring (bicyclic) bond motifs is 1. The fraction of sp³-hybridized carbons (Fsp3) is 0.278. The summed E-state index contributed by atoms with van der Waals surface area (Å²) < 4.78 is 5.49. The van der Waals surface area contributed by atoms with Crippen LogP contribution < -0.4 is 0 Å². The standard InChI is InChI=1S/C18H19N3O/c1-13-8-14(11-21(10-13)12-15-4-3-7-22-15)17-9-20-18-16(17)5-2-6-19-18/h2-9,13H,10-12H2,1H3,(H,19,20)/t13-/m1/s1. The van der Waals surface area contributed by atoms with Gasteiger partial charge in [0.05, 0.1) is 12.8 Å². The van der Waals surface area contributed by atoms with Gasteiger partial charge in [0.1, 0.15) is 11.4 Å². The number of hydrogen-bond donors (Lipinski definition) is 1. The Bertz CT molecular complexity index is 801. The SMILES string of the molecule is C[C@@H]1C=C(c2c[nH]c3ncccc23)CN(Cc2ccco2)C1. The molecule has 1 N–H and O–H groups in total. The van der Waals surface area contributed by atoms with Crippen LogP contribution in [0.3, 0.4) is 0 Å². The largest absolute Gasteiger partial charge is 0.468 e. The highest BCUT2D eigenvalue weighted by Gasteiger charge is 2.21. The van der Waals surface area contributed by atoms with Crippen molar-refractivity contribution in [3.05, 3.63) is 60.3 Å². The Balaban J connectivity index is 1.63. The highest BCUT2D eigenvalue weighted by Crippen LogP contribution is 2.29. The Morgan fingerprint density at radius 3 is 3.18 bits per heavy atom. The number of rotatable bonds is 3. The molecule has 4 heteroatoms. The minimum Gasteiger partial charge on any atom is -0.468 e. The van der Waals surface area contributed by atoms with E-state index in [4.69, 9.17) is 4.42 Å². The molecule has 0 radical (unpaired) electrons. The monoisotopic (exact) mass is 293 g/mol. The summed E-state index contributed by atoms with van der Waals surface area (Å²) in [7, 11) is 0. The number of furan rings is 1. The fourth-order valence-electron chi connectivity index (χ4n) is 3.30. The Hall–Kier alpha value is -2.33. The minimum absolute atomic E-state index is 0.528. The molecule has 4 rings (SSSR count). The topological polar surface area (TPSA) is 45.1 Å². The summed E-state index contributed by atoms with van der Waals surface area (Å²) in [5.41, 5.74) is 3.58. The number of aromatic nitrogens is 2. The predicted octanol–water partition coefficient (Wildman–Crippen LogP) is 3.69. The first-order valence-corrected chi connectivity index (χ1v) is 7.67. The maximum atomic E-state index is 5.49. The molecule has 3 aromatic heterocycles. The van der Waals surface area contributed by atoms with E-state index in [1.807, 2.05) is 24.4 Å². The molecule has 112 valence electrons. The van der Waals surface area contributed by atoms with Gasteiger partial charge in [0, 0.05) is 36.4 Å². The van der Waals surface area contributed by atoms with E-state index in [1.54, 1.807) is 6.26 Å². The second-order valence-electron chi connectivity index (χ2n) is 6.02. The molecule has 4 nitrogen and oxygen atoms in total. The summed E-state index contributed by atoms with van der Waals surface area (Å²) >= 11 is 0. The lowest BCUT2D eigenvalue weighted by molar-refractivity contribution is 0.243. The third-order valence-electron chi connectivity index (χ3n) is 4.18. The lowest BCUT2D eigenvalue weighted by Gasteiger charge is -2.30. The van der Waals surface area contributed by atoms with E-state index >= 15 is 0 Å². The maximum absolute atomic E-state index is 5.49. The van der Waals surface area contributed by atoms with Gasteiger partial charge in [-0.05, 0) is 35.8 Å². The van der Waals surface area contributed by atoms with Crippen LogP contribution in [0.1, 0.15) is 18.2 Å². The average Bonchev–Trinajstić information content (AvgIpc) is 3.15. The van der Waals surface area contributed by atoms with Crippen LogP contribution in [0.15, 0.2) is 53.4 Å². The number of hydrogen-bond acceptors (Lipinski definition) is 3. The summed E-state index contributed by atoms with van der Waals surface area (Å²) in [6.07, 6.45) is 8.02. The van der Waals surface area contributed by atoms with Crippen molar-refractivity contribution in [3.63, 3.8) is 0 Å². The van der Waals surface area contributed by atoms with E-state index in [-0.39, 0.29) is 0 Å². The lowest BCUT2D eigenvalue weighted by atomic mass is 9.96. The molecule has 0 saturated carbocycles. The Kier molecular flexibility index (Phi) is 3.31. The Morgan fingerprint density at radius 1 is 1.36 bits per heavy atom. The molecule has 0 unspecified atom stereocenters. The van der Waals surface area contributed by atoms with E-state index in [2.05, 4.69) is 40.1 Å². The second kappa shape index (κ2) is 5.46. The molecular weight excluding hydrogens is 274 g/mol. The maximum Gasteiger partial charge on any atom is 0.137 e. The highest BCUT2D eigenvalue weighted by atomic mass is 16.3. The Morgan fingerprint density at radius 2 is 2.32 bits per heavy atom. The van der Waals surface area contributed by atoms with E-state index in [0.29, 0.717) is 5.92 Å². The lowest BCUT2D eigenvalue weighted by Crippen LogP contribution is -2.32. The zero-order valence-corrected chi connectivity index (χ0v) is 12.6. The van der Waals surface area contributed by atoms with Gasteiger partial charge in [-0.2, -0.15) is 0 Å². The second-order valence-corrected chi connectivity index (χ2v) is 6.02. The number of aromatic amines is 1. The van der Waals surface area contributed by atoms with Crippen LogP contribution in [0.4, 0.5) is 0 Å². The molecular formula is C18H19N3O. The first-order chi connectivity index (χ1) is 10.8. The number of nitrogens with one attached hydrogen (secondary N) is 1. The third-order valence-corrected chi connectivity index (χ3v) is 4.18. The van der Waals surface area contributed by atoms with Crippen LogP contribution in [0.5, 0.6) is 0 Å². The molecule has 1 aliphatic heterocycles. The fourth-order valence-corrected chi connectivity index (χ4v) is 3.30. The van der Waals surface area contributed by atoms with Crippen molar-refractivity contribution < 1.29 is 4.42 Å². The van der Waals surface area contributed by atoms with Crippen molar-refractivity contribution in [2.45, 2.75) is 13.5 Å². The molecule has 22 heavy (non-hydrogen) atoms. The average molecular weight is 293 g/mol. The van der Waals surface area contributed by atoms with Crippen molar-refractivity contribution in [3.8, 4) is 0 Å². The molecule has 1 atom stereocenters. The van der Waals surface area contributed by atoms with Gasteiger partial charge in [0.25, 0.3) is 0 Å². The van der Waals surface area contributed by atoms with Crippen LogP contribution in [-0.4, -0.2) is 28.0 Å². The molecule has 4 heterocycles. The molecule has 0 saturated heterocycles. The van der Waals surface area contributed by atoms with Crippen molar-refractivity contribution in [2.75, 3.05) is 13.1 Å². The van der Waals surface area contributed by atoms with Gasteiger partial charge in [-0.15, -0.1) is 0 Å². The molecule has 0 fully saturated rings. The molecule has 0 spiro atoms. The van der Waals surface area contributed by atoms with Crippen LogP contribution in [0.25, 0.3) is 16.6 Å². The molecule has 0 amide bonds. The summed E-state index contributed by atoms with van der Waals surface area (Å²) in [5.74, 6) is 1.55. The third kappa shape index (κ3) is 2.46. The van der Waals surface area contributed by atoms with Crippen molar-refractivity contribution in [1.29, 1.82) is 0 Å². The van der Waals surface area contributed by atoms with E-state index in [1.165, 1.54) is 16.5 Å². The summed E-state index contributed by atoms with van der Waals surface area (Å²) in [6.45, 7) is 5.12. The van der Waals surface area contributed by atoms with Crippen molar-refractivity contribution in [2.24, 2.45) is 5.92 Å². The quantitative estimate of drug-likeness (QED) is 0.801. The van der Waals surface area contributed by atoms with Gasteiger partial charge in [-0.25, -0.2) is 4.98 Å². The summed E-state index contributed by atoms with van der Waals surface area (Å²) in [4.78, 5) is 10.1. The van der Waals surface area contributed by atoms with Gasteiger partial charge in [-0.1, -0.05) is 13.0 Å². The number of H-pyrrole nitrogens is 1. The first kappa shape index (κ1) is 13.3. The smallest absolute Gasteiger partial charge is 0.137 e. The Labute approximate surface area is 129 Å². The predicted molar refractivity (Wildman–Crippen MR) is 87.2 cm³/mol. The van der Waals surface area contributed by atoms with Crippen LogP contribution in [0.2, 0.25) is 0 Å². The van der Waals surface area contributed by atoms with Gasteiger partial charge in [-0.3, -0.25) is 4.90 Å². The molecule has 0 aromatic carbocycles. The number of pyridine rings is 1. The molecule has 0 bridgehead atoms. The van der Waals surface area contributed by atoms with E-state index in [0.717, 1.165) is 31.0 Å². The summed E-state index contributed by atoms with van der Waals surface area (Å²) in [6, 6.07) is 8.11. The van der Waals surface area contributed by atoms with Gasteiger partial charge in [0.2, 0.25) is 0 Å². The molecule has 0 aliphatic carbocycles. The minimum atomic E-state index is 0.528. The van der Waals surface area contributed by atoms with Crippen molar-refractivity contribution in [1.82, 2.24) is 14.9 Å². The van der Waals surface area contributed by atoms with Gasteiger partial charge in [0.15, 0.2) is 0 Å². The van der Waals surface area contributed by atoms with Gasteiger partial charge >= 0.3 is 0 Å². The zero-order chi connectivity index (χ0) is 14.9. The van der Waals surface area contributed by atoms with Crippen LogP contribution >= 0.6 is 0 Å². The zero-order valence-electron chi connectivity index (χ0n) is 12.6. The van der Waals surface area contributed by atoms with Gasteiger partial charge < -0.3 is 9.40 Å². The molecule has 1 aliphatic rings. The highest BCUT2D eigenvalue weighted by molar-refractivity contribution is 5.91. The van der Waals surface area contributed by atoms with Crippen molar-refractivity contribution >= 4 is 16.6 Å². The summed E-state index contributed by atoms with van der Waals surface area (Å²) in [5, 5.41) is 1.20. The van der Waals surface area contributed by atoms with E-state index in [9.17, 15) is 0 Å². The first-order valence-electron chi connectivity index (χ1n) is 7.67. The van der Waals surface area contributed by atoms with Crippen LogP contribution in [0, 0.1) is 5.92 Å².